The van der Waals surface area contributed by atoms with Crippen molar-refractivity contribution in [3.8, 4) is 0 Å². The first kappa shape index (κ1) is 27.9. The highest BCUT2D eigenvalue weighted by Gasteiger charge is 2.31. The molecule has 0 bridgehead atoms. The first-order valence-electron chi connectivity index (χ1n) is 12.9. The van der Waals surface area contributed by atoms with Crippen molar-refractivity contribution in [2.75, 3.05) is 57.9 Å². The van der Waals surface area contributed by atoms with Crippen LogP contribution in [0.25, 0.3) is 0 Å². The van der Waals surface area contributed by atoms with Crippen LogP contribution in [0.2, 0.25) is 0 Å². The molecule has 4 rings (SSSR count). The first-order chi connectivity index (χ1) is 18.4. The second kappa shape index (κ2) is 13.1. The second-order valence-corrected chi connectivity index (χ2v) is 10.3. The molecule has 0 aromatic carbocycles. The van der Waals surface area contributed by atoms with Crippen LogP contribution in [0.4, 0.5) is 5.82 Å². The highest BCUT2D eigenvalue weighted by atomic mass is 32.2. The van der Waals surface area contributed by atoms with Gasteiger partial charge in [0, 0.05) is 59.4 Å². The predicted molar refractivity (Wildman–Crippen MR) is 141 cm³/mol. The Kier molecular flexibility index (Phi) is 9.62. The number of furan rings is 1. The Balaban J connectivity index is 1.38. The number of piperazine rings is 1. The van der Waals surface area contributed by atoms with Crippen LogP contribution in [-0.2, 0) is 31.4 Å². The van der Waals surface area contributed by atoms with E-state index in [-0.39, 0.29) is 29.5 Å². The Morgan fingerprint density at radius 2 is 1.89 bits per heavy atom. The highest BCUT2D eigenvalue weighted by molar-refractivity contribution is 7.98. The quantitative estimate of drug-likeness (QED) is 0.264. The molecule has 2 aliphatic rings. The van der Waals surface area contributed by atoms with Crippen LogP contribution in [0, 0.1) is 5.92 Å². The Bertz CT molecular complexity index is 1130. The molecule has 2 aliphatic heterocycles. The molecule has 2 aromatic heterocycles. The summed E-state index contributed by atoms with van der Waals surface area (Å²) in [5.74, 6) is 1.45. The van der Waals surface area contributed by atoms with E-state index in [4.69, 9.17) is 18.9 Å². The maximum Gasteiger partial charge on any atom is 0.310 e. The molecule has 1 atom stereocenters. The summed E-state index contributed by atoms with van der Waals surface area (Å²) in [6, 6.07) is 5.38. The number of hydrogen-bond donors (Lipinski definition) is 0. The number of methoxy groups -OCH3 is 1. The van der Waals surface area contributed by atoms with E-state index in [0.29, 0.717) is 69.2 Å². The number of esters is 1. The van der Waals surface area contributed by atoms with Crippen molar-refractivity contribution in [1.82, 2.24) is 19.8 Å². The third-order valence-corrected chi connectivity index (χ3v) is 7.50. The molecule has 4 heterocycles. The summed E-state index contributed by atoms with van der Waals surface area (Å²) in [4.78, 5) is 51.8. The van der Waals surface area contributed by atoms with Crippen molar-refractivity contribution < 1.29 is 28.3 Å². The summed E-state index contributed by atoms with van der Waals surface area (Å²) >= 11 is 1.42. The Morgan fingerprint density at radius 3 is 2.61 bits per heavy atom. The molecule has 0 spiro atoms. The highest BCUT2D eigenvalue weighted by Crippen LogP contribution is 2.26. The van der Waals surface area contributed by atoms with E-state index < -0.39 is 0 Å². The van der Waals surface area contributed by atoms with Gasteiger partial charge >= 0.3 is 5.97 Å². The van der Waals surface area contributed by atoms with Crippen molar-refractivity contribution in [3.63, 3.8) is 0 Å². The number of ether oxygens (including phenoxy) is 2. The number of thioether (sulfide) groups is 1. The number of piperidine rings is 1. The largest absolute Gasteiger partial charge is 0.466 e. The fourth-order valence-electron chi connectivity index (χ4n) is 4.63. The zero-order chi connectivity index (χ0) is 27.1. The van der Waals surface area contributed by atoms with Crippen LogP contribution >= 0.6 is 11.8 Å². The lowest BCUT2D eigenvalue weighted by Crippen LogP contribution is -2.48. The molecule has 38 heavy (non-hydrogen) atoms. The summed E-state index contributed by atoms with van der Waals surface area (Å²) in [7, 11) is 1.62. The van der Waals surface area contributed by atoms with Crippen LogP contribution < -0.4 is 4.90 Å². The predicted octanol–water partition coefficient (Wildman–Crippen LogP) is 2.59. The van der Waals surface area contributed by atoms with Crippen molar-refractivity contribution in [2.24, 2.45) is 5.92 Å². The lowest BCUT2D eigenvalue weighted by molar-refractivity contribution is -0.149. The van der Waals surface area contributed by atoms with Gasteiger partial charge in [-0.15, -0.1) is 0 Å². The molecule has 0 radical (unpaired) electrons. The lowest BCUT2D eigenvalue weighted by Gasteiger charge is -2.35. The summed E-state index contributed by atoms with van der Waals surface area (Å²) in [5.41, 5.74) is 0.769. The fraction of sp³-hybridized carbons (Fsp3) is 0.577. The van der Waals surface area contributed by atoms with Crippen LogP contribution in [0.5, 0.6) is 0 Å². The van der Waals surface area contributed by atoms with Crippen LogP contribution in [0.1, 0.15) is 48.7 Å². The minimum Gasteiger partial charge on any atom is -0.466 e. The number of nitrogens with zero attached hydrogens (tertiary/aromatic N) is 5. The molecule has 2 fully saturated rings. The average molecular weight is 546 g/mol. The van der Waals surface area contributed by atoms with Gasteiger partial charge < -0.3 is 28.6 Å². The van der Waals surface area contributed by atoms with Gasteiger partial charge in [-0.25, -0.2) is 9.97 Å². The molecule has 0 N–H and O–H groups in total. The molecule has 0 aliphatic carbocycles. The summed E-state index contributed by atoms with van der Waals surface area (Å²) in [6.45, 7) is 7.69. The molecule has 2 aromatic rings. The normalized spacial score (nSPS) is 18.0. The number of amides is 2. The number of anilines is 1. The monoisotopic (exact) mass is 545 g/mol. The topological polar surface area (TPSA) is 118 Å². The van der Waals surface area contributed by atoms with Crippen molar-refractivity contribution >= 4 is 35.4 Å². The van der Waals surface area contributed by atoms with Gasteiger partial charge in [-0.3, -0.25) is 14.4 Å². The maximum absolute atomic E-state index is 13.0. The van der Waals surface area contributed by atoms with E-state index in [2.05, 4.69) is 9.88 Å². The minimum absolute atomic E-state index is 0.0825. The van der Waals surface area contributed by atoms with E-state index >= 15 is 0 Å². The van der Waals surface area contributed by atoms with Crippen molar-refractivity contribution in [2.45, 2.75) is 44.2 Å². The molecule has 11 nitrogen and oxygen atoms in total. The van der Waals surface area contributed by atoms with E-state index in [9.17, 15) is 14.4 Å². The third kappa shape index (κ3) is 7.04. The molecule has 0 saturated carbocycles. The smallest absolute Gasteiger partial charge is 0.310 e. The average Bonchev–Trinajstić information content (AvgIpc) is 3.41. The van der Waals surface area contributed by atoms with Gasteiger partial charge in [-0.2, -0.15) is 0 Å². The van der Waals surface area contributed by atoms with Gasteiger partial charge in [0.25, 0.3) is 5.91 Å². The molecule has 2 amide bonds. The van der Waals surface area contributed by atoms with E-state index in [0.717, 1.165) is 24.4 Å². The first-order valence-corrected chi connectivity index (χ1v) is 13.9. The van der Waals surface area contributed by atoms with Crippen molar-refractivity contribution in [3.05, 3.63) is 35.4 Å². The summed E-state index contributed by atoms with van der Waals surface area (Å²) in [5, 5.41) is 0.584. The van der Waals surface area contributed by atoms with E-state index in [1.807, 2.05) is 11.0 Å². The SMILES string of the molecule is CCOC(=O)[C@@H]1CCCN(C(=O)c2ccc(CSc3nc(COC)cc(N4CCN(C(C)=O)CC4)n3)o2)C1. The number of likely N-dealkylation sites (tertiary alicyclic amines) is 1. The molecule has 2 saturated heterocycles. The Morgan fingerprint density at radius 1 is 1.11 bits per heavy atom. The van der Waals surface area contributed by atoms with Gasteiger partial charge in [0.15, 0.2) is 10.9 Å². The Hall–Kier alpha value is -3.12. The maximum atomic E-state index is 13.0. The standard InChI is InChI=1S/C26H35N5O6S/c1-4-36-25(34)19-6-5-9-31(15-19)24(33)22-8-7-21(37-22)17-38-26-27-20(16-35-3)14-23(28-26)30-12-10-29(11-13-30)18(2)32/h7-8,14,19H,4-6,9-13,15-17H2,1-3H3/t19-/m1/s1. The van der Waals surface area contributed by atoms with Crippen LogP contribution in [0.3, 0.4) is 0 Å². The third-order valence-electron chi connectivity index (χ3n) is 6.63. The van der Waals surface area contributed by atoms with Gasteiger partial charge in [-0.05, 0) is 31.9 Å². The van der Waals surface area contributed by atoms with Gasteiger partial charge in [0.1, 0.15) is 11.6 Å². The number of carbonyl (C=O) groups is 3. The van der Waals surface area contributed by atoms with Crippen LogP contribution in [-0.4, -0.2) is 90.5 Å². The Labute approximate surface area is 226 Å². The number of carbonyl (C=O) groups excluding carboxylic acids is 3. The van der Waals surface area contributed by atoms with Gasteiger partial charge in [-0.1, -0.05) is 11.8 Å². The molecule has 0 unspecified atom stereocenters. The summed E-state index contributed by atoms with van der Waals surface area (Å²) < 4.78 is 16.3. The fourth-order valence-corrected chi connectivity index (χ4v) is 5.40. The zero-order valence-corrected chi connectivity index (χ0v) is 23.0. The summed E-state index contributed by atoms with van der Waals surface area (Å²) in [6.07, 6.45) is 1.47. The number of aromatic nitrogens is 2. The number of hydrogen-bond acceptors (Lipinski definition) is 10. The number of rotatable bonds is 9. The zero-order valence-electron chi connectivity index (χ0n) is 22.2. The molecular formula is C26H35N5O6S. The molecular weight excluding hydrogens is 510 g/mol. The molecule has 206 valence electrons. The minimum atomic E-state index is -0.297. The van der Waals surface area contributed by atoms with Crippen LogP contribution in [0.15, 0.2) is 27.8 Å². The van der Waals surface area contributed by atoms with E-state index in [1.54, 1.807) is 38.0 Å². The lowest BCUT2D eigenvalue weighted by atomic mass is 9.98. The van der Waals surface area contributed by atoms with Gasteiger partial charge in [0.2, 0.25) is 5.91 Å². The second-order valence-electron chi connectivity index (χ2n) is 9.32. The molecule has 12 heteroatoms. The van der Waals surface area contributed by atoms with Gasteiger partial charge in [0.05, 0.1) is 30.6 Å². The van der Waals surface area contributed by atoms with Crippen molar-refractivity contribution in [1.29, 1.82) is 0 Å². The van der Waals surface area contributed by atoms with E-state index in [1.165, 1.54) is 11.8 Å².